The highest BCUT2D eigenvalue weighted by Gasteiger charge is 2.20. The lowest BCUT2D eigenvalue weighted by Crippen LogP contribution is -2.37. The molecule has 0 spiro atoms. The van der Waals surface area contributed by atoms with Crippen LogP contribution in [0.3, 0.4) is 0 Å². The first-order chi connectivity index (χ1) is 13.5. The zero-order valence-corrected chi connectivity index (χ0v) is 16.6. The third-order valence-corrected chi connectivity index (χ3v) is 5.19. The molecule has 3 aromatic rings. The summed E-state index contributed by atoms with van der Waals surface area (Å²) in [6, 6.07) is 16.4. The minimum Gasteiger partial charge on any atom is -0.411 e. The number of carbonyl (C=O) groups is 1. The number of rotatable bonds is 8. The van der Waals surface area contributed by atoms with Gasteiger partial charge in [0.2, 0.25) is 5.91 Å². The Balaban J connectivity index is 1.51. The third-order valence-electron chi connectivity index (χ3n) is 4.26. The molecule has 0 saturated carbocycles. The van der Waals surface area contributed by atoms with Gasteiger partial charge in [0.1, 0.15) is 5.82 Å². The maximum Gasteiger partial charge on any atom is 0.277 e. The van der Waals surface area contributed by atoms with E-state index in [1.165, 1.54) is 11.6 Å². The molecule has 146 valence electrons. The summed E-state index contributed by atoms with van der Waals surface area (Å²) in [5.74, 6) is -0.429. The number of nitrogens with zero attached hydrogens (tertiary/aromatic N) is 2. The minimum absolute atomic E-state index is 0.0485. The van der Waals surface area contributed by atoms with Crippen LogP contribution in [0, 0.1) is 5.82 Å². The predicted molar refractivity (Wildman–Crippen MR) is 107 cm³/mol. The smallest absolute Gasteiger partial charge is 0.277 e. The Morgan fingerprint density at radius 2 is 1.82 bits per heavy atom. The number of aromatic nitrogens is 2. The van der Waals surface area contributed by atoms with Gasteiger partial charge < -0.3 is 9.73 Å². The molecule has 0 aliphatic carbocycles. The molecule has 3 rings (SSSR count). The molecule has 28 heavy (non-hydrogen) atoms. The SMILES string of the molecule is C[C@@H](CCc1ccccc1)NC(=O)[C@@H](C)Sc1nnc(-c2ccccc2F)o1. The van der Waals surface area contributed by atoms with E-state index < -0.39 is 11.1 Å². The molecule has 0 fully saturated rings. The van der Waals surface area contributed by atoms with E-state index in [2.05, 4.69) is 27.6 Å². The first kappa shape index (κ1) is 20.1. The van der Waals surface area contributed by atoms with Crippen molar-refractivity contribution in [1.82, 2.24) is 15.5 Å². The Kier molecular flexibility index (Phi) is 6.81. The Hall–Kier alpha value is -2.67. The zero-order valence-electron chi connectivity index (χ0n) is 15.8. The van der Waals surface area contributed by atoms with Crippen molar-refractivity contribution in [1.29, 1.82) is 0 Å². The van der Waals surface area contributed by atoms with E-state index in [1.807, 2.05) is 25.1 Å². The monoisotopic (exact) mass is 399 g/mol. The average Bonchev–Trinajstić information content (AvgIpc) is 3.15. The summed E-state index contributed by atoms with van der Waals surface area (Å²) in [6.45, 7) is 3.76. The van der Waals surface area contributed by atoms with Crippen LogP contribution >= 0.6 is 11.8 Å². The molecule has 0 aliphatic heterocycles. The van der Waals surface area contributed by atoms with E-state index in [4.69, 9.17) is 4.42 Å². The number of thioether (sulfide) groups is 1. The first-order valence-electron chi connectivity index (χ1n) is 9.12. The van der Waals surface area contributed by atoms with Gasteiger partial charge in [0.25, 0.3) is 11.1 Å². The molecule has 1 aromatic heterocycles. The largest absolute Gasteiger partial charge is 0.411 e. The second kappa shape index (κ2) is 9.50. The number of hydrogen-bond acceptors (Lipinski definition) is 5. The lowest BCUT2D eigenvalue weighted by atomic mass is 10.1. The maximum absolute atomic E-state index is 13.8. The molecule has 1 amide bonds. The molecule has 2 atom stereocenters. The van der Waals surface area contributed by atoms with Gasteiger partial charge in [-0.05, 0) is 44.4 Å². The topological polar surface area (TPSA) is 68.0 Å². The van der Waals surface area contributed by atoms with Crippen LogP contribution in [0.4, 0.5) is 4.39 Å². The summed E-state index contributed by atoms with van der Waals surface area (Å²) in [7, 11) is 0. The Morgan fingerprint density at radius 3 is 2.57 bits per heavy atom. The normalized spacial score (nSPS) is 13.1. The number of aryl methyl sites for hydroxylation is 1. The minimum atomic E-state index is -0.430. The lowest BCUT2D eigenvalue weighted by Gasteiger charge is -2.16. The standard InChI is InChI=1S/C21H22FN3O2S/c1-14(12-13-16-8-4-3-5-9-16)23-19(26)15(2)28-21-25-24-20(27-21)17-10-6-7-11-18(17)22/h3-11,14-15H,12-13H2,1-2H3,(H,23,26)/t14-,15+/m0/s1. The van der Waals surface area contributed by atoms with E-state index in [1.54, 1.807) is 25.1 Å². The fraction of sp³-hybridized carbons (Fsp3) is 0.286. The van der Waals surface area contributed by atoms with Crippen LogP contribution in [0.15, 0.2) is 64.2 Å². The molecule has 0 saturated heterocycles. The van der Waals surface area contributed by atoms with E-state index in [9.17, 15) is 9.18 Å². The molecule has 0 aliphatic rings. The molecule has 0 bridgehead atoms. The Morgan fingerprint density at radius 1 is 1.11 bits per heavy atom. The predicted octanol–water partition coefficient (Wildman–Crippen LogP) is 4.49. The third kappa shape index (κ3) is 5.42. The summed E-state index contributed by atoms with van der Waals surface area (Å²) in [5, 5.41) is 10.6. The van der Waals surface area contributed by atoms with Crippen molar-refractivity contribution in [2.24, 2.45) is 0 Å². The number of amides is 1. The van der Waals surface area contributed by atoms with Crippen LogP contribution in [-0.4, -0.2) is 27.4 Å². The van der Waals surface area contributed by atoms with Crippen LogP contribution in [0.2, 0.25) is 0 Å². The van der Waals surface area contributed by atoms with Crippen molar-refractivity contribution in [3.05, 3.63) is 66.0 Å². The van der Waals surface area contributed by atoms with Crippen molar-refractivity contribution in [3.63, 3.8) is 0 Å². The molecule has 5 nitrogen and oxygen atoms in total. The maximum atomic E-state index is 13.8. The van der Waals surface area contributed by atoms with Gasteiger partial charge in [0, 0.05) is 6.04 Å². The van der Waals surface area contributed by atoms with Crippen molar-refractivity contribution >= 4 is 17.7 Å². The van der Waals surface area contributed by atoms with Gasteiger partial charge in [-0.2, -0.15) is 0 Å². The van der Waals surface area contributed by atoms with Crippen LogP contribution in [0.25, 0.3) is 11.5 Å². The van der Waals surface area contributed by atoms with Crippen LogP contribution in [0.5, 0.6) is 0 Å². The van der Waals surface area contributed by atoms with Gasteiger partial charge in [0.05, 0.1) is 10.8 Å². The van der Waals surface area contributed by atoms with Crippen molar-refractivity contribution < 1.29 is 13.6 Å². The summed E-state index contributed by atoms with van der Waals surface area (Å²) < 4.78 is 19.3. The van der Waals surface area contributed by atoms with Gasteiger partial charge in [-0.1, -0.05) is 54.2 Å². The first-order valence-corrected chi connectivity index (χ1v) is 10.00. The van der Waals surface area contributed by atoms with Gasteiger partial charge in [-0.3, -0.25) is 4.79 Å². The quantitative estimate of drug-likeness (QED) is 0.565. The van der Waals surface area contributed by atoms with E-state index in [0.717, 1.165) is 24.6 Å². The van der Waals surface area contributed by atoms with Gasteiger partial charge >= 0.3 is 0 Å². The Labute approximate surface area is 167 Å². The number of benzene rings is 2. The second-order valence-electron chi connectivity index (χ2n) is 6.55. The van der Waals surface area contributed by atoms with Gasteiger partial charge in [0.15, 0.2) is 0 Å². The van der Waals surface area contributed by atoms with Crippen LogP contribution in [0.1, 0.15) is 25.8 Å². The van der Waals surface area contributed by atoms with E-state index >= 15 is 0 Å². The molecule has 2 aromatic carbocycles. The number of halogens is 1. The molecule has 1 heterocycles. The summed E-state index contributed by atoms with van der Waals surface area (Å²) in [6.07, 6.45) is 1.75. The van der Waals surface area contributed by atoms with Crippen molar-refractivity contribution in [3.8, 4) is 11.5 Å². The molecular formula is C21H22FN3O2S. The zero-order chi connectivity index (χ0) is 19.9. The highest BCUT2D eigenvalue weighted by atomic mass is 32.2. The highest BCUT2D eigenvalue weighted by Crippen LogP contribution is 2.27. The highest BCUT2D eigenvalue weighted by molar-refractivity contribution is 8.00. The Bertz CT molecular complexity index is 917. The fourth-order valence-corrected chi connectivity index (χ4v) is 3.36. The average molecular weight is 399 g/mol. The lowest BCUT2D eigenvalue weighted by molar-refractivity contribution is -0.120. The molecular weight excluding hydrogens is 377 g/mol. The van der Waals surface area contributed by atoms with E-state index in [-0.39, 0.29) is 28.6 Å². The summed E-state index contributed by atoms with van der Waals surface area (Å²) in [5.41, 5.74) is 1.49. The van der Waals surface area contributed by atoms with Crippen LogP contribution in [-0.2, 0) is 11.2 Å². The van der Waals surface area contributed by atoms with Crippen molar-refractivity contribution in [2.75, 3.05) is 0 Å². The van der Waals surface area contributed by atoms with E-state index in [0.29, 0.717) is 0 Å². The van der Waals surface area contributed by atoms with Gasteiger partial charge in [-0.15, -0.1) is 10.2 Å². The van der Waals surface area contributed by atoms with Gasteiger partial charge in [-0.25, -0.2) is 4.39 Å². The number of hydrogen-bond donors (Lipinski definition) is 1. The number of carbonyl (C=O) groups excluding carboxylic acids is 1. The fourth-order valence-electron chi connectivity index (χ4n) is 2.67. The number of nitrogens with one attached hydrogen (secondary N) is 1. The molecule has 1 N–H and O–H groups in total. The molecule has 7 heteroatoms. The summed E-state index contributed by atoms with van der Waals surface area (Å²) in [4.78, 5) is 12.4. The second-order valence-corrected chi connectivity index (χ2v) is 7.84. The molecule has 0 radical (unpaired) electrons. The molecule has 0 unspecified atom stereocenters. The van der Waals surface area contributed by atoms with Crippen molar-refractivity contribution in [2.45, 2.75) is 43.2 Å². The van der Waals surface area contributed by atoms with Crippen LogP contribution < -0.4 is 5.32 Å². The summed E-state index contributed by atoms with van der Waals surface area (Å²) >= 11 is 1.15.